The molecule has 0 atom stereocenters. The smallest absolute Gasteiger partial charge is 0.181 e. The van der Waals surface area contributed by atoms with Crippen molar-refractivity contribution in [3.05, 3.63) is 72.8 Å². The number of hydrazone groups is 1. The van der Waals surface area contributed by atoms with Crippen molar-refractivity contribution in [1.82, 2.24) is 4.98 Å². The summed E-state index contributed by atoms with van der Waals surface area (Å²) in [5, 5.41) is 13.3. The molecule has 0 spiro atoms. The van der Waals surface area contributed by atoms with Crippen LogP contribution in [-0.4, -0.2) is 10.7 Å². The van der Waals surface area contributed by atoms with Crippen molar-refractivity contribution in [3.63, 3.8) is 0 Å². The number of hydrogen-bond donors (Lipinski definition) is 1. The average molecular weight is 288 g/mol. The zero-order valence-corrected chi connectivity index (χ0v) is 11.6. The number of aromatic nitrogens is 1. The van der Waals surface area contributed by atoms with Crippen molar-refractivity contribution in [2.75, 3.05) is 5.43 Å². The number of anilines is 1. The van der Waals surface area contributed by atoms with E-state index in [1.54, 1.807) is 6.20 Å². The molecule has 22 heavy (non-hydrogen) atoms. The monoisotopic (exact) mass is 288 g/mol. The van der Waals surface area contributed by atoms with Gasteiger partial charge < -0.3 is 4.42 Å². The minimum atomic E-state index is 0.333. The molecule has 0 radical (unpaired) electrons. The Morgan fingerprint density at radius 1 is 1.09 bits per heavy atom. The maximum atomic E-state index is 9.19. The summed E-state index contributed by atoms with van der Waals surface area (Å²) in [5.41, 5.74) is 5.70. The predicted octanol–water partition coefficient (Wildman–Crippen LogP) is 3.68. The van der Waals surface area contributed by atoms with Gasteiger partial charge in [0.05, 0.1) is 11.9 Å². The van der Waals surface area contributed by atoms with Gasteiger partial charge in [-0.3, -0.25) is 5.43 Å². The van der Waals surface area contributed by atoms with Crippen LogP contribution in [0.3, 0.4) is 0 Å². The van der Waals surface area contributed by atoms with Crippen molar-refractivity contribution in [2.24, 2.45) is 5.10 Å². The highest BCUT2D eigenvalue weighted by atomic mass is 16.3. The van der Waals surface area contributed by atoms with Crippen LogP contribution in [0.4, 0.5) is 5.69 Å². The first-order valence-electron chi connectivity index (χ1n) is 6.65. The summed E-state index contributed by atoms with van der Waals surface area (Å²) in [5.74, 6) is 0.706. The first-order valence-corrected chi connectivity index (χ1v) is 6.65. The lowest BCUT2D eigenvalue weighted by atomic mass is 10.1. The number of rotatable bonds is 4. The summed E-state index contributed by atoms with van der Waals surface area (Å²) in [6.45, 7) is 0. The van der Waals surface area contributed by atoms with Gasteiger partial charge in [0.2, 0.25) is 0 Å². The van der Waals surface area contributed by atoms with E-state index in [1.807, 2.05) is 54.6 Å². The summed E-state index contributed by atoms with van der Waals surface area (Å²) in [6, 6.07) is 18.9. The molecule has 0 fully saturated rings. The van der Waals surface area contributed by atoms with E-state index < -0.39 is 0 Å². The molecule has 0 aliphatic rings. The first kappa shape index (κ1) is 13.6. The van der Waals surface area contributed by atoms with E-state index in [9.17, 15) is 5.26 Å². The number of hydrogen-bond acceptors (Lipinski definition) is 5. The number of nitrogens with one attached hydrogen (secondary N) is 1. The number of nitrogens with zero attached hydrogens (tertiary/aromatic N) is 3. The van der Waals surface area contributed by atoms with Crippen LogP contribution >= 0.6 is 0 Å². The van der Waals surface area contributed by atoms with Crippen molar-refractivity contribution in [1.29, 1.82) is 5.26 Å². The fourth-order valence-electron chi connectivity index (χ4n) is 1.94. The zero-order valence-electron chi connectivity index (χ0n) is 11.6. The van der Waals surface area contributed by atoms with E-state index in [0.29, 0.717) is 11.5 Å². The number of benzene rings is 2. The van der Waals surface area contributed by atoms with E-state index in [1.165, 1.54) is 6.39 Å². The minimum Gasteiger partial charge on any atom is -0.444 e. The van der Waals surface area contributed by atoms with Crippen LogP contribution in [-0.2, 0) is 0 Å². The van der Waals surface area contributed by atoms with Crippen molar-refractivity contribution < 1.29 is 4.42 Å². The summed E-state index contributed by atoms with van der Waals surface area (Å²) < 4.78 is 5.23. The van der Waals surface area contributed by atoms with E-state index in [4.69, 9.17) is 4.42 Å². The standard InChI is InChI=1S/C17H12N4O/c18-10-16(13-4-2-1-3-5-13)21-20-15-8-6-14(7-9-15)17-11-19-12-22-17/h1-9,11-12,20H. The number of nitriles is 1. The van der Waals surface area contributed by atoms with E-state index in [0.717, 1.165) is 16.8 Å². The van der Waals surface area contributed by atoms with Gasteiger partial charge in [-0.1, -0.05) is 30.3 Å². The molecule has 5 nitrogen and oxygen atoms in total. The maximum absolute atomic E-state index is 9.19. The lowest BCUT2D eigenvalue weighted by Gasteiger charge is -2.03. The molecule has 1 N–H and O–H groups in total. The van der Waals surface area contributed by atoms with Gasteiger partial charge in [-0.15, -0.1) is 0 Å². The summed E-state index contributed by atoms with van der Waals surface area (Å²) >= 11 is 0. The van der Waals surface area contributed by atoms with Crippen LogP contribution in [0.25, 0.3) is 11.3 Å². The second-order valence-electron chi connectivity index (χ2n) is 4.49. The van der Waals surface area contributed by atoms with Crippen LogP contribution in [0.1, 0.15) is 5.56 Å². The van der Waals surface area contributed by atoms with Gasteiger partial charge in [-0.25, -0.2) is 4.98 Å². The third-order valence-electron chi connectivity index (χ3n) is 3.05. The molecule has 1 heterocycles. The van der Waals surface area contributed by atoms with Crippen LogP contribution in [0.15, 0.2) is 76.7 Å². The fraction of sp³-hybridized carbons (Fsp3) is 0. The van der Waals surface area contributed by atoms with Crippen LogP contribution < -0.4 is 5.43 Å². The highest BCUT2D eigenvalue weighted by Crippen LogP contribution is 2.20. The van der Waals surface area contributed by atoms with E-state index >= 15 is 0 Å². The quantitative estimate of drug-likeness (QED) is 0.587. The van der Waals surface area contributed by atoms with Crippen LogP contribution in [0.5, 0.6) is 0 Å². The molecule has 1 aromatic heterocycles. The maximum Gasteiger partial charge on any atom is 0.181 e. The topological polar surface area (TPSA) is 74.2 Å². The van der Waals surface area contributed by atoms with Gasteiger partial charge in [0.1, 0.15) is 6.07 Å². The third kappa shape index (κ3) is 3.02. The molecule has 0 saturated heterocycles. The summed E-state index contributed by atoms with van der Waals surface area (Å²) in [7, 11) is 0. The van der Waals surface area contributed by atoms with Gasteiger partial charge >= 0.3 is 0 Å². The molecule has 0 aliphatic heterocycles. The van der Waals surface area contributed by atoms with Gasteiger partial charge in [0, 0.05) is 11.1 Å². The van der Waals surface area contributed by atoms with Gasteiger partial charge in [-0.2, -0.15) is 10.4 Å². The molecule has 3 rings (SSSR count). The Labute approximate surface area is 127 Å². The largest absolute Gasteiger partial charge is 0.444 e. The Morgan fingerprint density at radius 2 is 1.86 bits per heavy atom. The highest BCUT2D eigenvalue weighted by Gasteiger charge is 2.03. The normalized spacial score (nSPS) is 11.0. The SMILES string of the molecule is N#CC(=NNc1ccc(-c2cnco2)cc1)c1ccccc1. The first-order chi connectivity index (χ1) is 10.9. The molecule has 5 heteroatoms. The van der Waals surface area contributed by atoms with Crippen molar-refractivity contribution in [2.45, 2.75) is 0 Å². The lowest BCUT2D eigenvalue weighted by molar-refractivity contribution is 0.572. The molecule has 0 bridgehead atoms. The van der Waals surface area contributed by atoms with Crippen molar-refractivity contribution in [3.8, 4) is 17.4 Å². The molecule has 3 aromatic rings. The Bertz CT molecular complexity index is 800. The van der Waals surface area contributed by atoms with Crippen LogP contribution in [0.2, 0.25) is 0 Å². The van der Waals surface area contributed by atoms with E-state index in [2.05, 4.69) is 21.6 Å². The molecule has 0 aliphatic carbocycles. The second kappa shape index (κ2) is 6.37. The molecule has 2 aromatic carbocycles. The second-order valence-corrected chi connectivity index (χ2v) is 4.49. The Morgan fingerprint density at radius 3 is 2.50 bits per heavy atom. The third-order valence-corrected chi connectivity index (χ3v) is 3.05. The van der Waals surface area contributed by atoms with Crippen LogP contribution in [0, 0.1) is 11.3 Å². The zero-order chi connectivity index (χ0) is 15.2. The van der Waals surface area contributed by atoms with Gasteiger partial charge in [0.25, 0.3) is 0 Å². The van der Waals surface area contributed by atoms with Gasteiger partial charge in [0.15, 0.2) is 17.9 Å². The molecule has 0 saturated carbocycles. The Kier molecular flexibility index (Phi) is 3.94. The predicted molar refractivity (Wildman–Crippen MR) is 84.2 cm³/mol. The summed E-state index contributed by atoms with van der Waals surface area (Å²) in [6.07, 6.45) is 3.05. The van der Waals surface area contributed by atoms with E-state index in [-0.39, 0.29) is 0 Å². The molecular weight excluding hydrogens is 276 g/mol. The molecular formula is C17H12N4O. The minimum absolute atomic E-state index is 0.333. The molecule has 0 unspecified atom stereocenters. The average Bonchev–Trinajstić information content (AvgIpc) is 3.11. The molecule has 106 valence electrons. The lowest BCUT2D eigenvalue weighted by Crippen LogP contribution is -2.01. The Hall–Kier alpha value is -3.39. The van der Waals surface area contributed by atoms with Crippen molar-refractivity contribution >= 4 is 11.4 Å². The van der Waals surface area contributed by atoms with Gasteiger partial charge in [-0.05, 0) is 24.3 Å². The Balaban J connectivity index is 1.76. The fourth-order valence-corrected chi connectivity index (χ4v) is 1.94. The summed E-state index contributed by atoms with van der Waals surface area (Å²) in [4.78, 5) is 3.88. The number of oxazole rings is 1. The highest BCUT2D eigenvalue weighted by molar-refractivity contribution is 6.11. The molecule has 0 amide bonds.